The number of nitrogens with two attached hydrogens (primary N) is 1. The molecule has 1 aliphatic heterocycles. The second kappa shape index (κ2) is 10.1. The first-order valence-corrected chi connectivity index (χ1v) is 9.15. The van der Waals surface area contributed by atoms with Gasteiger partial charge in [0, 0.05) is 31.1 Å². The Morgan fingerprint density at radius 3 is 2.56 bits per heavy atom. The molecule has 3 rings (SSSR count). The number of hydrogen-bond acceptors (Lipinski definition) is 5. The van der Waals surface area contributed by atoms with E-state index in [0.717, 1.165) is 12.8 Å². The topological polar surface area (TPSA) is 115 Å². The summed E-state index contributed by atoms with van der Waals surface area (Å²) in [7, 11) is 0. The standard InChI is InChI=1S/C18H26N4O4.ClH/c19-13-9-15-16(26-11-25-15)10-14(13)22-17(23)7-4-8-20-18(24)21-12-5-2-1-3-6-12;/h9-10,12H,1-8,11,19H2,(H,22,23)(H2,20,21,24);1H. The number of rotatable bonds is 6. The summed E-state index contributed by atoms with van der Waals surface area (Å²) in [6.45, 7) is 0.601. The average Bonchev–Trinajstić information content (AvgIpc) is 3.07. The SMILES string of the molecule is Cl.Nc1cc2c(cc1NC(=O)CCCNC(=O)NC1CCCCC1)OCO2. The fourth-order valence-electron chi connectivity index (χ4n) is 3.21. The summed E-state index contributed by atoms with van der Waals surface area (Å²) in [4.78, 5) is 23.9. The van der Waals surface area contributed by atoms with Gasteiger partial charge in [-0.1, -0.05) is 19.3 Å². The predicted octanol–water partition coefficient (Wildman–Crippen LogP) is 2.77. The van der Waals surface area contributed by atoms with E-state index in [-0.39, 0.29) is 43.6 Å². The average molecular weight is 399 g/mol. The molecule has 0 saturated heterocycles. The van der Waals surface area contributed by atoms with Crippen LogP contribution in [0.4, 0.5) is 16.2 Å². The van der Waals surface area contributed by atoms with E-state index in [1.807, 2.05) is 0 Å². The summed E-state index contributed by atoms with van der Waals surface area (Å²) in [6.07, 6.45) is 6.54. The lowest BCUT2D eigenvalue weighted by Crippen LogP contribution is -2.43. The number of fused-ring (bicyclic) bond motifs is 1. The van der Waals surface area contributed by atoms with E-state index in [9.17, 15) is 9.59 Å². The third kappa shape index (κ3) is 6.09. The number of benzene rings is 1. The highest BCUT2D eigenvalue weighted by molar-refractivity contribution is 5.94. The van der Waals surface area contributed by atoms with Crippen LogP contribution in [0.2, 0.25) is 0 Å². The van der Waals surface area contributed by atoms with Crippen LogP contribution in [-0.4, -0.2) is 31.3 Å². The van der Waals surface area contributed by atoms with Crippen molar-refractivity contribution in [2.24, 2.45) is 0 Å². The molecule has 150 valence electrons. The van der Waals surface area contributed by atoms with Gasteiger partial charge in [-0.25, -0.2) is 4.79 Å². The molecule has 1 fully saturated rings. The molecule has 5 N–H and O–H groups in total. The van der Waals surface area contributed by atoms with Gasteiger partial charge in [0.2, 0.25) is 12.7 Å². The fraction of sp³-hybridized carbons (Fsp3) is 0.556. The van der Waals surface area contributed by atoms with E-state index in [2.05, 4.69) is 16.0 Å². The van der Waals surface area contributed by atoms with Gasteiger partial charge in [-0.2, -0.15) is 0 Å². The molecule has 1 aromatic rings. The minimum absolute atomic E-state index is 0. The third-order valence-corrected chi connectivity index (χ3v) is 4.63. The predicted molar refractivity (Wildman–Crippen MR) is 105 cm³/mol. The van der Waals surface area contributed by atoms with Gasteiger partial charge in [0.05, 0.1) is 11.4 Å². The van der Waals surface area contributed by atoms with Gasteiger partial charge in [-0.05, 0) is 19.3 Å². The van der Waals surface area contributed by atoms with E-state index >= 15 is 0 Å². The first kappa shape index (κ1) is 21.0. The molecule has 1 heterocycles. The Bertz CT molecular complexity index is 665. The lowest BCUT2D eigenvalue weighted by molar-refractivity contribution is -0.116. The van der Waals surface area contributed by atoms with E-state index < -0.39 is 0 Å². The van der Waals surface area contributed by atoms with Crippen LogP contribution in [-0.2, 0) is 4.79 Å². The molecule has 2 aliphatic rings. The van der Waals surface area contributed by atoms with Crippen LogP contribution in [0.5, 0.6) is 11.5 Å². The molecular formula is C18H27ClN4O4. The summed E-state index contributed by atoms with van der Waals surface area (Å²) in [5, 5.41) is 8.55. The number of nitrogens with one attached hydrogen (secondary N) is 3. The Morgan fingerprint density at radius 1 is 1.11 bits per heavy atom. The Balaban J connectivity index is 0.00000261. The number of ether oxygens (including phenoxy) is 2. The Hall–Kier alpha value is -2.35. The van der Waals surface area contributed by atoms with Gasteiger partial charge in [-0.3, -0.25) is 4.79 Å². The van der Waals surface area contributed by atoms with Gasteiger partial charge in [0.25, 0.3) is 0 Å². The number of carbonyl (C=O) groups excluding carboxylic acids is 2. The molecule has 0 aromatic heterocycles. The van der Waals surface area contributed by atoms with Crippen molar-refractivity contribution in [3.05, 3.63) is 12.1 Å². The maximum absolute atomic E-state index is 12.1. The molecule has 8 nitrogen and oxygen atoms in total. The molecule has 3 amide bonds. The molecule has 1 aromatic carbocycles. The Kier molecular flexibility index (Phi) is 7.84. The first-order chi connectivity index (χ1) is 12.6. The maximum atomic E-state index is 12.1. The van der Waals surface area contributed by atoms with Crippen molar-refractivity contribution in [1.29, 1.82) is 0 Å². The minimum atomic E-state index is -0.162. The molecule has 27 heavy (non-hydrogen) atoms. The van der Waals surface area contributed by atoms with Gasteiger partial charge in [0.1, 0.15) is 0 Å². The van der Waals surface area contributed by atoms with E-state index in [4.69, 9.17) is 15.2 Å². The largest absolute Gasteiger partial charge is 0.454 e. The zero-order valence-electron chi connectivity index (χ0n) is 15.2. The molecule has 0 atom stereocenters. The maximum Gasteiger partial charge on any atom is 0.315 e. The van der Waals surface area contributed by atoms with Crippen LogP contribution in [0, 0.1) is 0 Å². The van der Waals surface area contributed by atoms with Crippen molar-refractivity contribution in [3.8, 4) is 11.5 Å². The zero-order valence-corrected chi connectivity index (χ0v) is 16.0. The molecule has 0 spiro atoms. The second-order valence-electron chi connectivity index (χ2n) is 6.68. The molecule has 9 heteroatoms. The molecule has 0 radical (unpaired) electrons. The molecule has 1 saturated carbocycles. The number of halogens is 1. The zero-order chi connectivity index (χ0) is 18.4. The quantitative estimate of drug-likeness (QED) is 0.434. The summed E-state index contributed by atoms with van der Waals surface area (Å²) < 4.78 is 10.5. The van der Waals surface area contributed by atoms with Crippen molar-refractivity contribution < 1.29 is 19.1 Å². The van der Waals surface area contributed by atoms with Crippen LogP contribution < -0.4 is 31.2 Å². The van der Waals surface area contributed by atoms with Crippen molar-refractivity contribution in [2.45, 2.75) is 51.0 Å². The van der Waals surface area contributed by atoms with Crippen molar-refractivity contribution >= 4 is 35.7 Å². The van der Waals surface area contributed by atoms with Crippen LogP contribution in [0.25, 0.3) is 0 Å². The number of nitrogen functional groups attached to an aromatic ring is 1. The molecule has 0 unspecified atom stereocenters. The van der Waals surface area contributed by atoms with Crippen LogP contribution >= 0.6 is 12.4 Å². The lowest BCUT2D eigenvalue weighted by atomic mass is 9.96. The van der Waals surface area contributed by atoms with Crippen LogP contribution in [0.1, 0.15) is 44.9 Å². The summed E-state index contributed by atoms with van der Waals surface area (Å²) >= 11 is 0. The fourth-order valence-corrected chi connectivity index (χ4v) is 3.21. The summed E-state index contributed by atoms with van der Waals surface area (Å²) in [5.74, 6) is 0.981. The minimum Gasteiger partial charge on any atom is -0.454 e. The van der Waals surface area contributed by atoms with Crippen molar-refractivity contribution in [3.63, 3.8) is 0 Å². The molecular weight excluding hydrogens is 372 g/mol. The highest BCUT2D eigenvalue weighted by Gasteiger charge is 2.17. The summed E-state index contributed by atoms with van der Waals surface area (Å²) in [5.41, 5.74) is 6.84. The number of anilines is 2. The third-order valence-electron chi connectivity index (χ3n) is 4.63. The van der Waals surface area contributed by atoms with Gasteiger partial charge in [-0.15, -0.1) is 12.4 Å². The number of hydrogen-bond donors (Lipinski definition) is 4. The van der Waals surface area contributed by atoms with Crippen molar-refractivity contribution in [1.82, 2.24) is 10.6 Å². The summed E-state index contributed by atoms with van der Waals surface area (Å²) in [6, 6.07) is 3.42. The lowest BCUT2D eigenvalue weighted by Gasteiger charge is -2.22. The monoisotopic (exact) mass is 398 g/mol. The number of amides is 3. The Labute approximate surface area is 164 Å². The van der Waals surface area contributed by atoms with E-state index in [0.29, 0.717) is 35.8 Å². The smallest absolute Gasteiger partial charge is 0.315 e. The molecule has 0 bridgehead atoms. The highest BCUT2D eigenvalue weighted by atomic mass is 35.5. The number of carbonyl (C=O) groups is 2. The normalized spacial score (nSPS) is 15.6. The van der Waals surface area contributed by atoms with Gasteiger partial charge < -0.3 is 31.2 Å². The molecule has 1 aliphatic carbocycles. The van der Waals surface area contributed by atoms with Crippen LogP contribution in [0.15, 0.2) is 12.1 Å². The van der Waals surface area contributed by atoms with Gasteiger partial charge >= 0.3 is 6.03 Å². The van der Waals surface area contributed by atoms with Crippen LogP contribution in [0.3, 0.4) is 0 Å². The van der Waals surface area contributed by atoms with Crippen molar-refractivity contribution in [2.75, 3.05) is 24.4 Å². The van der Waals surface area contributed by atoms with Gasteiger partial charge in [0.15, 0.2) is 11.5 Å². The second-order valence-corrected chi connectivity index (χ2v) is 6.68. The number of urea groups is 1. The highest BCUT2D eigenvalue weighted by Crippen LogP contribution is 2.38. The van der Waals surface area contributed by atoms with E-state index in [1.54, 1.807) is 12.1 Å². The van der Waals surface area contributed by atoms with E-state index in [1.165, 1.54) is 19.3 Å². The first-order valence-electron chi connectivity index (χ1n) is 9.15. The Morgan fingerprint density at radius 2 is 1.81 bits per heavy atom.